The Hall–Kier alpha value is -1.69. The average molecular weight is 250 g/mol. The Bertz CT molecular complexity index is 430. The third-order valence-corrected chi connectivity index (χ3v) is 2.85. The second-order valence-electron chi connectivity index (χ2n) is 4.89. The second kappa shape index (κ2) is 4.89. The number of ether oxygens (including phenoxy) is 1. The van der Waals surface area contributed by atoms with Crippen molar-refractivity contribution in [3.63, 3.8) is 0 Å². The van der Waals surface area contributed by atoms with E-state index < -0.39 is 0 Å². The van der Waals surface area contributed by atoms with Crippen LogP contribution in [0.25, 0.3) is 0 Å². The van der Waals surface area contributed by atoms with Gasteiger partial charge in [-0.1, -0.05) is 0 Å². The van der Waals surface area contributed by atoms with Gasteiger partial charge in [0.15, 0.2) is 5.69 Å². The van der Waals surface area contributed by atoms with Crippen molar-refractivity contribution in [2.75, 3.05) is 32.1 Å². The second-order valence-corrected chi connectivity index (χ2v) is 4.89. The minimum atomic E-state index is -0.299. The summed E-state index contributed by atoms with van der Waals surface area (Å²) in [5.74, 6) is 0.551. The number of anilines is 1. The number of rotatable bonds is 2. The highest BCUT2D eigenvalue weighted by Gasteiger charge is 2.30. The summed E-state index contributed by atoms with van der Waals surface area (Å²) in [5.41, 5.74) is 0.0680. The molecule has 0 unspecified atom stereocenters. The summed E-state index contributed by atoms with van der Waals surface area (Å²) >= 11 is 0. The highest BCUT2D eigenvalue weighted by molar-refractivity contribution is 5.92. The number of nitrogens with one attached hydrogen (secondary N) is 1. The molecule has 1 aromatic heterocycles. The third-order valence-electron chi connectivity index (χ3n) is 2.85. The van der Waals surface area contributed by atoms with E-state index in [1.165, 1.54) is 0 Å². The van der Waals surface area contributed by atoms with Gasteiger partial charge < -0.3 is 15.0 Å². The summed E-state index contributed by atoms with van der Waals surface area (Å²) in [6, 6.07) is 3.43. The van der Waals surface area contributed by atoms with Gasteiger partial charge in [0.2, 0.25) is 0 Å². The minimum Gasteiger partial charge on any atom is -0.372 e. The van der Waals surface area contributed by atoms with E-state index >= 15 is 0 Å². The smallest absolute Gasteiger partial charge is 0.274 e. The lowest BCUT2D eigenvalue weighted by atomic mass is 10.1. The van der Waals surface area contributed by atoms with E-state index in [4.69, 9.17) is 4.74 Å². The quantitative estimate of drug-likeness (QED) is 0.839. The van der Waals surface area contributed by atoms with E-state index in [9.17, 15) is 4.79 Å². The molecule has 6 heteroatoms. The van der Waals surface area contributed by atoms with Crippen LogP contribution in [0.2, 0.25) is 0 Å². The third kappa shape index (κ3) is 2.76. The molecule has 0 radical (unpaired) electrons. The van der Waals surface area contributed by atoms with Crippen LogP contribution in [0.15, 0.2) is 12.1 Å². The lowest BCUT2D eigenvalue weighted by Gasteiger charge is -2.37. The van der Waals surface area contributed by atoms with E-state index in [0.29, 0.717) is 31.2 Å². The molecular formula is C12H18N4O2. The van der Waals surface area contributed by atoms with E-state index in [0.717, 1.165) is 0 Å². The van der Waals surface area contributed by atoms with Crippen molar-refractivity contribution >= 4 is 11.7 Å². The Morgan fingerprint density at radius 1 is 1.44 bits per heavy atom. The SMILES string of the molecule is CNc1ccc(C(=O)N2CCOC(C)(C)C2)nn1. The molecule has 0 atom stereocenters. The predicted octanol–water partition coefficient (Wildman–Crippen LogP) is 0.769. The van der Waals surface area contributed by atoms with Crippen LogP contribution in [0.5, 0.6) is 0 Å². The number of aromatic nitrogens is 2. The molecule has 2 heterocycles. The van der Waals surface area contributed by atoms with Crippen molar-refractivity contribution in [1.29, 1.82) is 0 Å². The van der Waals surface area contributed by atoms with Crippen LogP contribution in [0.3, 0.4) is 0 Å². The van der Waals surface area contributed by atoms with E-state index in [1.807, 2.05) is 13.8 Å². The van der Waals surface area contributed by atoms with Crippen LogP contribution in [0.4, 0.5) is 5.82 Å². The molecule has 0 spiro atoms. The molecule has 1 amide bonds. The van der Waals surface area contributed by atoms with Gasteiger partial charge in [-0.2, -0.15) is 0 Å². The monoisotopic (exact) mass is 250 g/mol. The molecule has 0 aromatic carbocycles. The van der Waals surface area contributed by atoms with Crippen molar-refractivity contribution in [2.24, 2.45) is 0 Å². The summed E-state index contributed by atoms with van der Waals surface area (Å²) < 4.78 is 5.58. The van der Waals surface area contributed by atoms with Crippen LogP contribution < -0.4 is 5.32 Å². The lowest BCUT2D eigenvalue weighted by molar-refractivity contribution is -0.0765. The first-order valence-corrected chi connectivity index (χ1v) is 5.96. The Morgan fingerprint density at radius 3 is 2.78 bits per heavy atom. The first-order valence-electron chi connectivity index (χ1n) is 5.96. The number of morpholine rings is 1. The molecular weight excluding hydrogens is 232 g/mol. The lowest BCUT2D eigenvalue weighted by Crippen LogP contribution is -2.50. The van der Waals surface area contributed by atoms with Crippen LogP contribution in [0, 0.1) is 0 Å². The van der Waals surface area contributed by atoms with E-state index in [1.54, 1.807) is 24.1 Å². The molecule has 0 aliphatic carbocycles. The molecule has 98 valence electrons. The van der Waals surface area contributed by atoms with E-state index in [2.05, 4.69) is 15.5 Å². The summed E-state index contributed by atoms with van der Waals surface area (Å²) in [4.78, 5) is 14.0. The largest absolute Gasteiger partial charge is 0.372 e. The number of nitrogens with zero attached hydrogens (tertiary/aromatic N) is 3. The molecule has 1 fully saturated rings. The summed E-state index contributed by atoms with van der Waals surface area (Å²) in [6.45, 7) is 5.67. The molecule has 1 aliphatic rings. The fraction of sp³-hybridized carbons (Fsp3) is 0.583. The van der Waals surface area contributed by atoms with Gasteiger partial charge in [0.05, 0.1) is 12.2 Å². The summed E-state index contributed by atoms with van der Waals surface area (Å²) in [6.07, 6.45) is 0. The maximum Gasteiger partial charge on any atom is 0.274 e. The topological polar surface area (TPSA) is 67.4 Å². The van der Waals surface area contributed by atoms with Crippen molar-refractivity contribution in [1.82, 2.24) is 15.1 Å². The Balaban J connectivity index is 2.10. The van der Waals surface area contributed by atoms with Crippen molar-refractivity contribution in [3.8, 4) is 0 Å². The first kappa shape index (κ1) is 12.8. The zero-order valence-corrected chi connectivity index (χ0v) is 10.9. The molecule has 1 aliphatic heterocycles. The van der Waals surface area contributed by atoms with Gasteiger partial charge in [0.1, 0.15) is 5.82 Å². The average Bonchev–Trinajstić information content (AvgIpc) is 2.37. The van der Waals surface area contributed by atoms with Gasteiger partial charge in [-0.3, -0.25) is 4.79 Å². The van der Waals surface area contributed by atoms with Gasteiger partial charge in [0, 0.05) is 20.1 Å². The first-order chi connectivity index (χ1) is 8.52. The van der Waals surface area contributed by atoms with Crippen LogP contribution >= 0.6 is 0 Å². The Kier molecular flexibility index (Phi) is 3.47. The molecule has 1 aromatic rings. The van der Waals surface area contributed by atoms with Crippen molar-refractivity contribution in [2.45, 2.75) is 19.4 Å². The number of hydrogen-bond donors (Lipinski definition) is 1. The molecule has 2 rings (SSSR count). The van der Waals surface area contributed by atoms with Crippen LogP contribution in [0.1, 0.15) is 24.3 Å². The fourth-order valence-corrected chi connectivity index (χ4v) is 1.93. The van der Waals surface area contributed by atoms with E-state index in [-0.39, 0.29) is 11.5 Å². The molecule has 1 N–H and O–H groups in total. The number of carbonyl (C=O) groups excluding carboxylic acids is 1. The molecule has 1 saturated heterocycles. The Morgan fingerprint density at radius 2 is 2.22 bits per heavy atom. The normalized spacial score (nSPS) is 18.5. The van der Waals surface area contributed by atoms with Crippen molar-refractivity contribution < 1.29 is 9.53 Å². The minimum absolute atomic E-state index is 0.0958. The zero-order valence-electron chi connectivity index (χ0n) is 10.9. The van der Waals surface area contributed by atoms with Crippen LogP contribution in [-0.4, -0.2) is 53.3 Å². The maximum absolute atomic E-state index is 12.2. The Labute approximate surface area is 106 Å². The molecule has 18 heavy (non-hydrogen) atoms. The maximum atomic E-state index is 12.2. The van der Waals surface area contributed by atoms with Gasteiger partial charge in [-0.05, 0) is 26.0 Å². The standard InChI is InChI=1S/C12H18N4O2/c1-12(2)8-16(6-7-18-12)11(17)9-4-5-10(13-3)15-14-9/h4-5H,6-8H2,1-3H3,(H,13,15). The fourth-order valence-electron chi connectivity index (χ4n) is 1.93. The zero-order chi connectivity index (χ0) is 13.2. The van der Waals surface area contributed by atoms with Gasteiger partial charge >= 0.3 is 0 Å². The molecule has 0 saturated carbocycles. The highest BCUT2D eigenvalue weighted by Crippen LogP contribution is 2.18. The number of amides is 1. The molecule has 6 nitrogen and oxygen atoms in total. The van der Waals surface area contributed by atoms with Crippen molar-refractivity contribution in [3.05, 3.63) is 17.8 Å². The predicted molar refractivity (Wildman–Crippen MR) is 67.5 cm³/mol. The van der Waals surface area contributed by atoms with Gasteiger partial charge in [-0.25, -0.2) is 0 Å². The van der Waals surface area contributed by atoms with Gasteiger partial charge in [-0.15, -0.1) is 10.2 Å². The number of hydrogen-bond acceptors (Lipinski definition) is 5. The summed E-state index contributed by atoms with van der Waals surface area (Å²) in [5, 5.41) is 10.7. The van der Waals surface area contributed by atoms with Gasteiger partial charge in [0.25, 0.3) is 5.91 Å². The highest BCUT2D eigenvalue weighted by atomic mass is 16.5. The number of carbonyl (C=O) groups is 1. The summed E-state index contributed by atoms with van der Waals surface area (Å²) in [7, 11) is 1.76. The van der Waals surface area contributed by atoms with Crippen LogP contribution in [-0.2, 0) is 4.74 Å². The molecule has 0 bridgehead atoms.